The maximum Gasteiger partial charge on any atom is 0.309 e. The Morgan fingerprint density at radius 1 is 1.04 bits per heavy atom. The SMILES string of the molecule is CCCC1CCC(c2ccc(C(=O)C(F)(F)CCC)cc2)CC1. The normalized spacial score (nSPS) is 22.1. The van der Waals surface area contributed by atoms with Crippen LogP contribution in [0, 0.1) is 5.92 Å². The third kappa shape index (κ3) is 4.62. The number of carbonyl (C=O) groups is 1. The van der Waals surface area contributed by atoms with Gasteiger partial charge in [-0.1, -0.05) is 51.0 Å². The predicted octanol–water partition coefficient (Wildman–Crippen LogP) is 6.38. The fourth-order valence-electron chi connectivity index (χ4n) is 3.74. The van der Waals surface area contributed by atoms with Crippen LogP contribution >= 0.6 is 0 Å². The molecule has 0 unspecified atom stereocenters. The molecule has 128 valence electrons. The molecular weight excluding hydrogens is 294 g/mol. The van der Waals surface area contributed by atoms with Crippen molar-refractivity contribution in [1.29, 1.82) is 0 Å². The van der Waals surface area contributed by atoms with Gasteiger partial charge in [-0.2, -0.15) is 8.78 Å². The summed E-state index contributed by atoms with van der Waals surface area (Å²) in [5.74, 6) is -2.92. The van der Waals surface area contributed by atoms with Gasteiger partial charge in [0.1, 0.15) is 0 Å². The van der Waals surface area contributed by atoms with Crippen LogP contribution in [-0.2, 0) is 0 Å². The first kappa shape index (κ1) is 18.1. The summed E-state index contributed by atoms with van der Waals surface area (Å²) in [6, 6.07) is 6.92. The van der Waals surface area contributed by atoms with E-state index >= 15 is 0 Å². The smallest absolute Gasteiger partial charge is 0.287 e. The highest BCUT2D eigenvalue weighted by atomic mass is 19.3. The van der Waals surface area contributed by atoms with Crippen LogP contribution in [0.25, 0.3) is 0 Å². The second-order valence-electron chi connectivity index (χ2n) is 6.91. The Morgan fingerprint density at radius 3 is 2.17 bits per heavy atom. The van der Waals surface area contributed by atoms with Crippen molar-refractivity contribution in [2.75, 3.05) is 0 Å². The summed E-state index contributed by atoms with van der Waals surface area (Å²) in [5.41, 5.74) is 1.32. The van der Waals surface area contributed by atoms with Crippen molar-refractivity contribution >= 4 is 5.78 Å². The molecule has 0 atom stereocenters. The lowest BCUT2D eigenvalue weighted by atomic mass is 9.77. The number of carbonyl (C=O) groups excluding carboxylic acids is 1. The molecule has 0 N–H and O–H groups in total. The number of halogens is 2. The van der Waals surface area contributed by atoms with Crippen LogP contribution in [0.15, 0.2) is 24.3 Å². The van der Waals surface area contributed by atoms with Gasteiger partial charge in [0.25, 0.3) is 0 Å². The maximum atomic E-state index is 13.7. The molecule has 0 bridgehead atoms. The fourth-order valence-corrected chi connectivity index (χ4v) is 3.74. The van der Waals surface area contributed by atoms with Crippen LogP contribution < -0.4 is 0 Å². The highest BCUT2D eigenvalue weighted by Crippen LogP contribution is 2.37. The third-order valence-corrected chi connectivity index (χ3v) is 5.08. The number of rotatable bonds is 7. The summed E-state index contributed by atoms with van der Waals surface area (Å²) in [7, 11) is 0. The van der Waals surface area contributed by atoms with E-state index in [4.69, 9.17) is 0 Å². The summed E-state index contributed by atoms with van der Waals surface area (Å²) in [4.78, 5) is 11.9. The molecule has 1 nitrogen and oxygen atoms in total. The van der Waals surface area contributed by atoms with Crippen LogP contribution in [0.4, 0.5) is 8.78 Å². The van der Waals surface area contributed by atoms with Gasteiger partial charge in [-0.15, -0.1) is 0 Å². The lowest BCUT2D eigenvalue weighted by Crippen LogP contribution is -2.28. The Kier molecular flexibility index (Phi) is 6.32. The zero-order valence-corrected chi connectivity index (χ0v) is 14.3. The van der Waals surface area contributed by atoms with Crippen LogP contribution in [0.5, 0.6) is 0 Å². The Hall–Kier alpha value is -1.25. The lowest BCUT2D eigenvalue weighted by Gasteiger charge is -2.28. The van der Waals surface area contributed by atoms with Gasteiger partial charge in [-0.3, -0.25) is 4.79 Å². The van der Waals surface area contributed by atoms with Crippen molar-refractivity contribution in [3.05, 3.63) is 35.4 Å². The molecule has 1 aliphatic carbocycles. The number of ketones is 1. The van der Waals surface area contributed by atoms with Gasteiger partial charge in [0.2, 0.25) is 5.78 Å². The number of alkyl halides is 2. The topological polar surface area (TPSA) is 17.1 Å². The predicted molar refractivity (Wildman–Crippen MR) is 90.2 cm³/mol. The van der Waals surface area contributed by atoms with Gasteiger partial charge in [-0.05, 0) is 49.5 Å². The van der Waals surface area contributed by atoms with Crippen molar-refractivity contribution in [3.8, 4) is 0 Å². The van der Waals surface area contributed by atoms with Crippen LogP contribution in [0.3, 0.4) is 0 Å². The summed E-state index contributed by atoms with van der Waals surface area (Å²) < 4.78 is 27.4. The van der Waals surface area contributed by atoms with E-state index in [0.29, 0.717) is 12.3 Å². The van der Waals surface area contributed by atoms with Gasteiger partial charge in [0.05, 0.1) is 0 Å². The van der Waals surface area contributed by atoms with Crippen LogP contribution in [0.2, 0.25) is 0 Å². The number of Topliss-reactive ketones (excluding diaryl/α,β-unsaturated/α-hetero) is 1. The van der Waals surface area contributed by atoms with Gasteiger partial charge in [0.15, 0.2) is 0 Å². The number of benzene rings is 1. The van der Waals surface area contributed by atoms with Crippen molar-refractivity contribution in [2.24, 2.45) is 5.92 Å². The van der Waals surface area contributed by atoms with Crippen molar-refractivity contribution in [2.45, 2.75) is 77.1 Å². The number of hydrogen-bond acceptors (Lipinski definition) is 1. The molecule has 0 saturated heterocycles. The molecule has 1 fully saturated rings. The highest BCUT2D eigenvalue weighted by Gasteiger charge is 2.38. The zero-order chi connectivity index (χ0) is 16.9. The molecular formula is C20H28F2O. The molecule has 0 aromatic heterocycles. The van der Waals surface area contributed by atoms with E-state index in [2.05, 4.69) is 6.92 Å². The Balaban J connectivity index is 1.99. The Labute approximate surface area is 138 Å². The van der Waals surface area contributed by atoms with Crippen molar-refractivity contribution < 1.29 is 13.6 Å². The van der Waals surface area contributed by atoms with Crippen LogP contribution in [-0.4, -0.2) is 11.7 Å². The minimum atomic E-state index is -3.24. The van der Waals surface area contributed by atoms with E-state index in [1.54, 1.807) is 19.1 Å². The molecule has 0 heterocycles. The van der Waals surface area contributed by atoms with Crippen LogP contribution in [0.1, 0.15) is 87.1 Å². The summed E-state index contributed by atoms with van der Waals surface area (Å²) >= 11 is 0. The summed E-state index contributed by atoms with van der Waals surface area (Å²) in [5, 5.41) is 0. The van der Waals surface area contributed by atoms with Gasteiger partial charge in [0, 0.05) is 12.0 Å². The second kappa shape index (κ2) is 8.03. The third-order valence-electron chi connectivity index (χ3n) is 5.08. The minimum absolute atomic E-state index is 0.131. The monoisotopic (exact) mass is 322 g/mol. The second-order valence-corrected chi connectivity index (χ2v) is 6.91. The van der Waals surface area contributed by atoms with E-state index in [1.165, 1.54) is 44.1 Å². The van der Waals surface area contributed by atoms with Gasteiger partial charge < -0.3 is 0 Å². The first-order valence-corrected chi connectivity index (χ1v) is 9.00. The highest BCUT2D eigenvalue weighted by molar-refractivity contribution is 6.01. The molecule has 1 aromatic rings. The first-order valence-electron chi connectivity index (χ1n) is 9.00. The van der Waals surface area contributed by atoms with Gasteiger partial charge >= 0.3 is 5.92 Å². The molecule has 0 amide bonds. The average Bonchev–Trinajstić information content (AvgIpc) is 2.55. The molecule has 3 heteroatoms. The quantitative estimate of drug-likeness (QED) is 0.532. The molecule has 1 aromatic carbocycles. The largest absolute Gasteiger partial charge is 0.309 e. The van der Waals surface area contributed by atoms with Gasteiger partial charge in [-0.25, -0.2) is 0 Å². The summed E-state index contributed by atoms with van der Waals surface area (Å²) in [6.45, 7) is 3.90. The molecule has 0 aliphatic heterocycles. The molecule has 0 radical (unpaired) electrons. The standard InChI is InChI=1S/C20H28F2O/c1-3-5-15-6-8-16(9-7-15)17-10-12-18(13-11-17)19(23)20(21,22)14-4-2/h10-13,15-16H,3-9,14H2,1-2H3. The molecule has 1 aliphatic rings. The first-order chi connectivity index (χ1) is 11.0. The number of hydrogen-bond donors (Lipinski definition) is 0. The van der Waals surface area contributed by atoms with E-state index in [0.717, 1.165) is 5.92 Å². The molecule has 23 heavy (non-hydrogen) atoms. The maximum absolute atomic E-state index is 13.7. The lowest BCUT2D eigenvalue weighted by molar-refractivity contribution is 0.00453. The average molecular weight is 322 g/mol. The van der Waals surface area contributed by atoms with Crippen molar-refractivity contribution in [1.82, 2.24) is 0 Å². The van der Waals surface area contributed by atoms with Crippen molar-refractivity contribution in [3.63, 3.8) is 0 Å². The van der Waals surface area contributed by atoms with E-state index in [-0.39, 0.29) is 12.0 Å². The zero-order valence-electron chi connectivity index (χ0n) is 14.3. The fraction of sp³-hybridized carbons (Fsp3) is 0.650. The Morgan fingerprint density at radius 2 is 1.65 bits per heavy atom. The molecule has 1 saturated carbocycles. The Bertz CT molecular complexity index is 499. The van der Waals surface area contributed by atoms with E-state index in [9.17, 15) is 13.6 Å². The minimum Gasteiger partial charge on any atom is -0.287 e. The van der Waals surface area contributed by atoms with E-state index in [1.807, 2.05) is 12.1 Å². The molecule has 2 rings (SSSR count). The van der Waals surface area contributed by atoms with E-state index < -0.39 is 11.7 Å². The molecule has 0 spiro atoms. The summed E-state index contributed by atoms with van der Waals surface area (Å²) in [6.07, 6.45) is 7.34.